The number of anilines is 1. The highest BCUT2D eigenvalue weighted by Crippen LogP contribution is 2.18. The minimum absolute atomic E-state index is 0.101. The van der Waals surface area contributed by atoms with Gasteiger partial charge in [0.25, 0.3) is 0 Å². The molecular weight excluding hydrogens is 302 g/mol. The van der Waals surface area contributed by atoms with E-state index in [2.05, 4.69) is 15.3 Å². The van der Waals surface area contributed by atoms with Gasteiger partial charge in [0, 0.05) is 18.7 Å². The fraction of sp³-hybridized carbons (Fsp3) is 0.667. The number of nitrogens with one attached hydrogen (secondary N) is 1. The lowest BCUT2D eigenvalue weighted by molar-refractivity contribution is 0.128. The van der Waals surface area contributed by atoms with E-state index in [1.54, 1.807) is 6.07 Å². The highest BCUT2D eigenvalue weighted by atomic mass is 35.5. The molecule has 0 unspecified atom stereocenters. The van der Waals surface area contributed by atoms with Gasteiger partial charge >= 0.3 is 0 Å². The van der Waals surface area contributed by atoms with Crippen molar-refractivity contribution in [3.63, 3.8) is 0 Å². The molecule has 0 aromatic carbocycles. The number of nitrogens with zero attached hydrogens (tertiary/aromatic N) is 2. The Morgan fingerprint density at radius 2 is 2.10 bits per heavy atom. The molecule has 20 heavy (non-hydrogen) atoms. The molecule has 2 heterocycles. The first-order chi connectivity index (χ1) is 9.48. The van der Waals surface area contributed by atoms with Gasteiger partial charge in [0.15, 0.2) is 5.82 Å². The van der Waals surface area contributed by atoms with Crippen molar-refractivity contribution in [3.8, 4) is 0 Å². The largest absolute Gasteiger partial charge is 0.374 e. The first-order valence-corrected chi connectivity index (χ1v) is 8.76. The summed E-state index contributed by atoms with van der Waals surface area (Å²) in [6.07, 6.45) is 1.18. The molecule has 0 aliphatic carbocycles. The maximum absolute atomic E-state index is 11.4. The Bertz CT molecular complexity index is 551. The molecule has 2 rings (SSSR count). The quantitative estimate of drug-likeness (QED) is 0.831. The molecule has 6 nitrogen and oxygen atoms in total. The van der Waals surface area contributed by atoms with E-state index in [0.29, 0.717) is 42.9 Å². The molecule has 112 valence electrons. The Labute approximate surface area is 123 Å². The zero-order valence-electron chi connectivity index (χ0n) is 11.3. The third-order valence-corrected chi connectivity index (χ3v) is 4.99. The van der Waals surface area contributed by atoms with Crippen molar-refractivity contribution in [1.82, 2.24) is 9.97 Å². The van der Waals surface area contributed by atoms with Gasteiger partial charge in [0.2, 0.25) is 0 Å². The zero-order chi connectivity index (χ0) is 14.6. The predicted molar refractivity (Wildman–Crippen MR) is 77.7 cm³/mol. The number of sulfone groups is 1. The average Bonchev–Trinajstić information content (AvgIpc) is 2.38. The summed E-state index contributed by atoms with van der Waals surface area (Å²) in [4.78, 5) is 8.40. The zero-order valence-corrected chi connectivity index (χ0v) is 12.9. The molecule has 1 fully saturated rings. The minimum atomic E-state index is -2.86. The van der Waals surface area contributed by atoms with Gasteiger partial charge in [0.1, 0.15) is 27.4 Å². The Morgan fingerprint density at radius 3 is 2.75 bits per heavy atom. The lowest BCUT2D eigenvalue weighted by Crippen LogP contribution is -2.32. The summed E-state index contributed by atoms with van der Waals surface area (Å²) in [5, 5.41) is 3.57. The van der Waals surface area contributed by atoms with Crippen LogP contribution < -0.4 is 5.32 Å². The van der Waals surface area contributed by atoms with E-state index in [-0.39, 0.29) is 17.5 Å². The summed E-state index contributed by atoms with van der Waals surface area (Å²) in [6.45, 7) is 2.79. The van der Waals surface area contributed by atoms with Gasteiger partial charge in [-0.25, -0.2) is 18.4 Å². The standard InChI is InChI=1S/C12H18ClN3O3S/c1-2-19-8-12-15-10(13)7-11(16-12)14-9-3-5-20(17,18)6-4-9/h7,9H,2-6,8H2,1H3,(H,14,15,16). The maximum atomic E-state index is 11.4. The average molecular weight is 320 g/mol. The number of hydrogen-bond acceptors (Lipinski definition) is 6. The number of aromatic nitrogens is 2. The third kappa shape index (κ3) is 4.57. The lowest BCUT2D eigenvalue weighted by atomic mass is 10.1. The Hall–Kier alpha value is -0.920. The van der Waals surface area contributed by atoms with Crippen molar-refractivity contribution in [1.29, 1.82) is 0 Å². The van der Waals surface area contributed by atoms with E-state index in [1.807, 2.05) is 6.92 Å². The van der Waals surface area contributed by atoms with Crippen molar-refractivity contribution in [2.45, 2.75) is 32.4 Å². The van der Waals surface area contributed by atoms with Gasteiger partial charge in [-0.05, 0) is 19.8 Å². The topological polar surface area (TPSA) is 81.2 Å². The molecule has 0 spiro atoms. The van der Waals surface area contributed by atoms with Crippen molar-refractivity contribution in [3.05, 3.63) is 17.0 Å². The van der Waals surface area contributed by atoms with Gasteiger partial charge in [-0.2, -0.15) is 0 Å². The van der Waals surface area contributed by atoms with Gasteiger partial charge in [-0.3, -0.25) is 0 Å². The summed E-state index contributed by atoms with van der Waals surface area (Å²) < 4.78 is 28.0. The molecule has 1 aromatic heterocycles. The second-order valence-corrected chi connectivity index (χ2v) is 7.39. The first-order valence-electron chi connectivity index (χ1n) is 6.56. The highest BCUT2D eigenvalue weighted by molar-refractivity contribution is 7.91. The molecule has 1 aromatic rings. The molecule has 1 aliphatic rings. The van der Waals surface area contributed by atoms with E-state index in [0.717, 1.165) is 0 Å². The molecular formula is C12H18ClN3O3S. The summed E-state index contributed by atoms with van der Waals surface area (Å²) in [5.74, 6) is 1.57. The molecule has 0 bridgehead atoms. The minimum Gasteiger partial charge on any atom is -0.374 e. The van der Waals surface area contributed by atoms with Crippen LogP contribution in [-0.2, 0) is 21.2 Å². The van der Waals surface area contributed by atoms with Crippen molar-refractivity contribution in [2.75, 3.05) is 23.4 Å². The van der Waals surface area contributed by atoms with Crippen LogP contribution in [0.25, 0.3) is 0 Å². The van der Waals surface area contributed by atoms with Crippen LogP contribution in [0.1, 0.15) is 25.6 Å². The van der Waals surface area contributed by atoms with Crippen LogP contribution in [0.3, 0.4) is 0 Å². The van der Waals surface area contributed by atoms with Crippen molar-refractivity contribution < 1.29 is 13.2 Å². The maximum Gasteiger partial charge on any atom is 0.158 e. The molecule has 0 amide bonds. The third-order valence-electron chi connectivity index (χ3n) is 3.08. The van der Waals surface area contributed by atoms with Crippen LogP contribution in [0.5, 0.6) is 0 Å². The summed E-state index contributed by atoms with van der Waals surface area (Å²) in [5.41, 5.74) is 0. The molecule has 0 radical (unpaired) electrons. The second-order valence-electron chi connectivity index (χ2n) is 4.70. The number of rotatable bonds is 5. The van der Waals surface area contributed by atoms with Gasteiger partial charge in [-0.1, -0.05) is 11.6 Å². The number of halogens is 1. The normalized spacial score (nSPS) is 18.9. The molecule has 8 heteroatoms. The van der Waals surface area contributed by atoms with Crippen LogP contribution in [0.2, 0.25) is 5.15 Å². The van der Waals surface area contributed by atoms with E-state index in [4.69, 9.17) is 16.3 Å². The summed E-state index contributed by atoms with van der Waals surface area (Å²) in [7, 11) is -2.86. The summed E-state index contributed by atoms with van der Waals surface area (Å²) in [6, 6.07) is 1.74. The van der Waals surface area contributed by atoms with E-state index in [1.165, 1.54) is 0 Å². The van der Waals surface area contributed by atoms with Gasteiger partial charge < -0.3 is 10.1 Å². The second kappa shape index (κ2) is 6.69. The molecule has 0 atom stereocenters. The van der Waals surface area contributed by atoms with Gasteiger partial charge in [0.05, 0.1) is 11.5 Å². The molecule has 1 saturated heterocycles. The van der Waals surface area contributed by atoms with Crippen molar-refractivity contribution >= 4 is 27.3 Å². The lowest BCUT2D eigenvalue weighted by Gasteiger charge is -2.23. The van der Waals surface area contributed by atoms with E-state index < -0.39 is 9.84 Å². The van der Waals surface area contributed by atoms with Crippen LogP contribution in [0, 0.1) is 0 Å². The monoisotopic (exact) mass is 319 g/mol. The Kier molecular flexibility index (Phi) is 5.17. The molecule has 0 saturated carbocycles. The smallest absolute Gasteiger partial charge is 0.158 e. The molecule has 1 N–H and O–H groups in total. The number of ether oxygens (including phenoxy) is 1. The Morgan fingerprint density at radius 1 is 1.40 bits per heavy atom. The van der Waals surface area contributed by atoms with Crippen LogP contribution >= 0.6 is 11.6 Å². The van der Waals surface area contributed by atoms with E-state index in [9.17, 15) is 8.42 Å². The van der Waals surface area contributed by atoms with E-state index >= 15 is 0 Å². The fourth-order valence-electron chi connectivity index (χ4n) is 2.04. The summed E-state index contributed by atoms with van der Waals surface area (Å²) >= 11 is 5.95. The first kappa shape index (κ1) is 15.5. The Balaban J connectivity index is 2.00. The van der Waals surface area contributed by atoms with Crippen LogP contribution in [0.4, 0.5) is 5.82 Å². The fourth-order valence-corrected chi connectivity index (χ4v) is 3.73. The SMILES string of the molecule is CCOCc1nc(Cl)cc(NC2CCS(=O)(=O)CC2)n1. The molecule has 1 aliphatic heterocycles. The van der Waals surface area contributed by atoms with Crippen molar-refractivity contribution in [2.24, 2.45) is 0 Å². The van der Waals surface area contributed by atoms with Crippen LogP contribution in [0.15, 0.2) is 6.07 Å². The van der Waals surface area contributed by atoms with Gasteiger partial charge in [-0.15, -0.1) is 0 Å². The number of hydrogen-bond donors (Lipinski definition) is 1. The highest BCUT2D eigenvalue weighted by Gasteiger charge is 2.23. The predicted octanol–water partition coefficient (Wildman–Crippen LogP) is 1.66. The van der Waals surface area contributed by atoms with Crippen LogP contribution in [-0.4, -0.2) is 42.5 Å².